The van der Waals surface area contributed by atoms with Gasteiger partial charge in [0.1, 0.15) is 17.4 Å². The molecule has 0 unspecified atom stereocenters. The number of hydrogen-bond donors (Lipinski definition) is 1. The minimum atomic E-state index is 0.338. The molecule has 0 saturated heterocycles. The Bertz CT molecular complexity index is 870. The molecule has 2 heterocycles. The van der Waals surface area contributed by atoms with E-state index in [1.807, 2.05) is 56.3 Å². The number of hydrogen-bond acceptors (Lipinski definition) is 3. The molecule has 3 aromatic rings. The van der Waals surface area contributed by atoms with Crippen molar-refractivity contribution in [2.45, 2.75) is 13.8 Å². The van der Waals surface area contributed by atoms with Crippen molar-refractivity contribution in [3.8, 4) is 28.7 Å². The number of aromatic amines is 1. The van der Waals surface area contributed by atoms with E-state index >= 15 is 0 Å². The van der Waals surface area contributed by atoms with Gasteiger partial charge in [-0.2, -0.15) is 5.26 Å². The maximum atomic E-state index is 9.41. The molecule has 0 aliphatic heterocycles. The van der Waals surface area contributed by atoms with Crippen molar-refractivity contribution >= 4 is 5.82 Å². The summed E-state index contributed by atoms with van der Waals surface area (Å²) in [6.07, 6.45) is 0. The number of aromatic nitrogens is 1. The molecule has 1 aromatic carbocycles. The lowest BCUT2D eigenvalue weighted by Crippen LogP contribution is -2.16. The lowest BCUT2D eigenvalue weighted by atomic mass is 9.99. The van der Waals surface area contributed by atoms with Gasteiger partial charge < -0.3 is 4.42 Å². The van der Waals surface area contributed by atoms with Crippen LogP contribution >= 0.6 is 0 Å². The van der Waals surface area contributed by atoms with Crippen LogP contribution in [0, 0.1) is 25.2 Å². The third-order valence-electron chi connectivity index (χ3n) is 3.58. The van der Waals surface area contributed by atoms with Crippen LogP contribution in [0.4, 0.5) is 5.82 Å². The number of nitriles is 1. The van der Waals surface area contributed by atoms with Crippen molar-refractivity contribution < 1.29 is 9.40 Å². The summed E-state index contributed by atoms with van der Waals surface area (Å²) in [5, 5.41) is 9.41. The van der Waals surface area contributed by atoms with Gasteiger partial charge in [-0.05, 0) is 37.6 Å². The first-order valence-electron chi connectivity index (χ1n) is 6.98. The molecule has 0 aliphatic rings. The van der Waals surface area contributed by atoms with Crippen molar-refractivity contribution in [3.05, 3.63) is 59.4 Å². The van der Waals surface area contributed by atoms with E-state index in [4.69, 9.17) is 10.2 Å². The standard InChI is InChI=1S/C18H15N3O/c1-11-3-6-13(7-4-11)14-9-16(17-8-5-12(2)22-17)21-18(20)15(14)10-19/h3-9H,1-2H3,(H2,20,21)/p+1. The van der Waals surface area contributed by atoms with Crippen LogP contribution in [-0.2, 0) is 0 Å². The lowest BCUT2D eigenvalue weighted by Gasteiger charge is -2.06. The molecule has 0 spiro atoms. The second-order valence-corrected chi connectivity index (χ2v) is 5.27. The van der Waals surface area contributed by atoms with Crippen LogP contribution in [0.15, 0.2) is 46.9 Å². The first kappa shape index (κ1) is 13.9. The van der Waals surface area contributed by atoms with Gasteiger partial charge in [0.2, 0.25) is 0 Å². The normalized spacial score (nSPS) is 10.4. The highest BCUT2D eigenvalue weighted by Gasteiger charge is 2.18. The number of pyridine rings is 1. The van der Waals surface area contributed by atoms with Crippen molar-refractivity contribution in [2.24, 2.45) is 0 Å². The maximum absolute atomic E-state index is 9.41. The van der Waals surface area contributed by atoms with Gasteiger partial charge in [0.25, 0.3) is 5.82 Å². The third kappa shape index (κ3) is 2.45. The number of nitrogens with one attached hydrogen (secondary N) is 1. The predicted octanol–water partition coefficient (Wildman–Crippen LogP) is 3.50. The van der Waals surface area contributed by atoms with Gasteiger partial charge in [-0.15, -0.1) is 0 Å². The van der Waals surface area contributed by atoms with Gasteiger partial charge in [-0.1, -0.05) is 29.8 Å². The van der Waals surface area contributed by atoms with Gasteiger partial charge >= 0.3 is 0 Å². The van der Waals surface area contributed by atoms with Crippen LogP contribution in [0.25, 0.3) is 22.6 Å². The Morgan fingerprint density at radius 2 is 1.82 bits per heavy atom. The van der Waals surface area contributed by atoms with Gasteiger partial charge in [-0.25, -0.2) is 4.98 Å². The Morgan fingerprint density at radius 1 is 1.09 bits per heavy atom. The van der Waals surface area contributed by atoms with Crippen LogP contribution in [0.2, 0.25) is 0 Å². The van der Waals surface area contributed by atoms with E-state index in [9.17, 15) is 5.26 Å². The van der Waals surface area contributed by atoms with E-state index < -0.39 is 0 Å². The molecule has 0 aliphatic carbocycles. The Balaban J connectivity index is 2.21. The van der Waals surface area contributed by atoms with Gasteiger partial charge in [0.05, 0.1) is 0 Å². The minimum Gasteiger partial charge on any atom is -0.458 e. The first-order valence-corrected chi connectivity index (χ1v) is 6.98. The SMILES string of the molecule is Cc1ccc(-c2cc(-c3ccc(C)o3)[nH+]c(N)c2C#N)cc1. The molecular formula is C18H16N3O+. The van der Waals surface area contributed by atoms with Crippen LogP contribution in [0.1, 0.15) is 16.9 Å². The summed E-state index contributed by atoms with van der Waals surface area (Å²) in [7, 11) is 0. The van der Waals surface area contributed by atoms with Crippen LogP contribution in [-0.4, -0.2) is 0 Å². The molecule has 0 fully saturated rings. The van der Waals surface area contributed by atoms with E-state index in [0.717, 1.165) is 22.6 Å². The minimum absolute atomic E-state index is 0.338. The average molecular weight is 290 g/mol. The molecular weight excluding hydrogens is 274 g/mol. The van der Waals surface area contributed by atoms with Crippen LogP contribution < -0.4 is 10.7 Å². The summed E-state index contributed by atoms with van der Waals surface area (Å²) >= 11 is 0. The van der Waals surface area contributed by atoms with Gasteiger partial charge in [-0.3, -0.25) is 5.73 Å². The molecule has 2 aromatic heterocycles. The summed E-state index contributed by atoms with van der Waals surface area (Å²) in [5.74, 6) is 1.86. The first-order chi connectivity index (χ1) is 10.6. The second kappa shape index (κ2) is 5.38. The third-order valence-corrected chi connectivity index (χ3v) is 3.58. The zero-order chi connectivity index (χ0) is 15.7. The molecule has 22 heavy (non-hydrogen) atoms. The van der Waals surface area contributed by atoms with Gasteiger partial charge in [0, 0.05) is 5.56 Å². The molecule has 0 atom stereocenters. The second-order valence-electron chi connectivity index (χ2n) is 5.27. The lowest BCUT2D eigenvalue weighted by molar-refractivity contribution is -0.348. The highest BCUT2D eigenvalue weighted by molar-refractivity contribution is 5.77. The summed E-state index contributed by atoms with van der Waals surface area (Å²) < 4.78 is 5.64. The average Bonchev–Trinajstić information content (AvgIpc) is 2.94. The number of benzene rings is 1. The Kier molecular flexibility index (Phi) is 3.40. The van der Waals surface area contributed by atoms with E-state index in [2.05, 4.69) is 11.1 Å². The molecule has 4 nitrogen and oxygen atoms in total. The molecule has 3 N–H and O–H groups in total. The Hall–Kier alpha value is -3.06. The van der Waals surface area contributed by atoms with E-state index in [1.165, 1.54) is 5.56 Å². The number of aryl methyl sites for hydroxylation is 2. The van der Waals surface area contributed by atoms with Gasteiger partial charge in [0.15, 0.2) is 11.5 Å². The summed E-state index contributed by atoms with van der Waals surface area (Å²) in [4.78, 5) is 3.04. The maximum Gasteiger partial charge on any atom is 0.289 e. The smallest absolute Gasteiger partial charge is 0.289 e. The molecule has 0 saturated carbocycles. The highest BCUT2D eigenvalue weighted by atomic mass is 16.3. The molecule has 108 valence electrons. The zero-order valence-corrected chi connectivity index (χ0v) is 12.5. The molecule has 0 radical (unpaired) electrons. The monoisotopic (exact) mass is 290 g/mol. The largest absolute Gasteiger partial charge is 0.458 e. The molecule has 4 heteroatoms. The zero-order valence-electron chi connectivity index (χ0n) is 12.5. The number of H-pyrrole nitrogens is 1. The van der Waals surface area contributed by atoms with Crippen molar-refractivity contribution in [1.29, 1.82) is 5.26 Å². The predicted molar refractivity (Wildman–Crippen MR) is 84.7 cm³/mol. The van der Waals surface area contributed by atoms with Crippen LogP contribution in [0.3, 0.4) is 0 Å². The summed E-state index contributed by atoms with van der Waals surface area (Å²) in [6.45, 7) is 3.91. The summed E-state index contributed by atoms with van der Waals surface area (Å²) in [5.41, 5.74) is 10.1. The van der Waals surface area contributed by atoms with Crippen LogP contribution in [0.5, 0.6) is 0 Å². The number of rotatable bonds is 2. The fourth-order valence-electron chi connectivity index (χ4n) is 2.40. The number of anilines is 1. The van der Waals surface area contributed by atoms with Crippen molar-refractivity contribution in [3.63, 3.8) is 0 Å². The molecule has 0 amide bonds. The number of furan rings is 1. The van der Waals surface area contributed by atoms with E-state index in [1.54, 1.807) is 0 Å². The number of nitrogens with zero attached hydrogens (tertiary/aromatic N) is 1. The van der Waals surface area contributed by atoms with Crippen molar-refractivity contribution in [1.82, 2.24) is 0 Å². The fourth-order valence-corrected chi connectivity index (χ4v) is 2.40. The highest BCUT2D eigenvalue weighted by Crippen LogP contribution is 2.29. The summed E-state index contributed by atoms with van der Waals surface area (Å²) in [6, 6.07) is 15.9. The topological polar surface area (TPSA) is 77.1 Å². The number of nitrogens with two attached hydrogens (primary N) is 1. The van der Waals surface area contributed by atoms with E-state index in [0.29, 0.717) is 17.1 Å². The quantitative estimate of drug-likeness (QED) is 0.784. The van der Waals surface area contributed by atoms with E-state index in [-0.39, 0.29) is 0 Å². The molecule has 3 rings (SSSR count). The molecule has 0 bridgehead atoms. The Morgan fingerprint density at radius 3 is 2.41 bits per heavy atom. The Labute approximate surface area is 128 Å². The van der Waals surface area contributed by atoms with Crippen molar-refractivity contribution in [2.75, 3.05) is 5.73 Å². The fraction of sp³-hybridized carbons (Fsp3) is 0.111. The number of nitrogen functional groups attached to an aromatic ring is 1.